The van der Waals surface area contributed by atoms with Gasteiger partial charge in [0.1, 0.15) is 0 Å². The zero-order valence-corrected chi connectivity index (χ0v) is 23.8. The molecule has 4 rings (SSSR count). The van der Waals surface area contributed by atoms with Crippen LogP contribution in [0.5, 0.6) is 0 Å². The van der Waals surface area contributed by atoms with Crippen LogP contribution in [0.2, 0.25) is 0 Å². The minimum atomic E-state index is -0.462. The summed E-state index contributed by atoms with van der Waals surface area (Å²) < 4.78 is 11.8. The Bertz CT molecular complexity index is 1380. The van der Waals surface area contributed by atoms with Crippen molar-refractivity contribution in [3.05, 3.63) is 81.4 Å². The quantitative estimate of drug-likeness (QED) is 0.190. The maximum Gasteiger partial charge on any atom is 0.311 e. The van der Waals surface area contributed by atoms with Gasteiger partial charge in [-0.05, 0) is 30.9 Å². The molecular formula is C34H38O6. The lowest BCUT2D eigenvalue weighted by Crippen LogP contribution is -2.29. The van der Waals surface area contributed by atoms with Gasteiger partial charge in [0.15, 0.2) is 23.1 Å². The standard InChI is InChI=1S/C34H38O6/c1-4-7-9-11-17-27(35)39-33-25-16-14-13-15-23(25)31(37)30-29(33)32(38)24-20-19-22(6-3)21-26(24)34(30)40-28(36)18-12-10-8-5-2/h13-16,19-21H,4-12,17-18H2,1-3H3. The van der Waals surface area contributed by atoms with E-state index in [9.17, 15) is 19.2 Å². The predicted octanol–water partition coefficient (Wildman–Crippen LogP) is 7.79. The number of rotatable bonds is 13. The molecule has 0 unspecified atom stereocenters. The highest BCUT2D eigenvalue weighted by molar-refractivity contribution is 6.34. The number of hydrogen-bond acceptors (Lipinski definition) is 6. The molecule has 0 bridgehead atoms. The van der Waals surface area contributed by atoms with Crippen LogP contribution >= 0.6 is 0 Å². The van der Waals surface area contributed by atoms with Gasteiger partial charge in [0.05, 0.1) is 11.1 Å². The molecule has 0 aromatic heterocycles. The molecule has 2 aliphatic carbocycles. The van der Waals surface area contributed by atoms with E-state index in [0.717, 1.165) is 44.1 Å². The van der Waals surface area contributed by atoms with Gasteiger partial charge in [-0.25, -0.2) is 0 Å². The Morgan fingerprint density at radius 1 is 0.600 bits per heavy atom. The Hall–Kier alpha value is -3.80. The number of carbonyl (C=O) groups is 4. The summed E-state index contributed by atoms with van der Waals surface area (Å²) in [6, 6.07) is 12.1. The molecule has 0 amide bonds. The number of ketones is 2. The van der Waals surface area contributed by atoms with Crippen molar-refractivity contribution < 1.29 is 28.7 Å². The second-order valence-electron chi connectivity index (χ2n) is 10.4. The van der Waals surface area contributed by atoms with Gasteiger partial charge in [-0.1, -0.05) is 95.7 Å². The van der Waals surface area contributed by atoms with Crippen molar-refractivity contribution in [3.8, 4) is 0 Å². The van der Waals surface area contributed by atoms with E-state index in [2.05, 4.69) is 13.8 Å². The predicted molar refractivity (Wildman–Crippen MR) is 154 cm³/mol. The lowest BCUT2D eigenvalue weighted by atomic mass is 9.76. The first kappa shape index (κ1) is 29.2. The number of esters is 2. The molecule has 0 radical (unpaired) electrons. The van der Waals surface area contributed by atoms with Gasteiger partial charge >= 0.3 is 11.9 Å². The fourth-order valence-electron chi connectivity index (χ4n) is 5.21. The van der Waals surface area contributed by atoms with Crippen LogP contribution in [0, 0.1) is 0 Å². The minimum Gasteiger partial charge on any atom is -0.425 e. The molecule has 6 nitrogen and oxygen atoms in total. The fraction of sp³-hybridized carbons (Fsp3) is 0.412. The highest BCUT2D eigenvalue weighted by atomic mass is 16.5. The number of unbranched alkanes of at least 4 members (excludes halogenated alkanes) is 6. The molecule has 0 fully saturated rings. The van der Waals surface area contributed by atoms with Crippen LogP contribution in [0.25, 0.3) is 11.5 Å². The molecule has 0 heterocycles. The van der Waals surface area contributed by atoms with E-state index in [0.29, 0.717) is 41.5 Å². The number of hydrogen-bond donors (Lipinski definition) is 0. The monoisotopic (exact) mass is 542 g/mol. The van der Waals surface area contributed by atoms with Gasteiger partial charge in [0.25, 0.3) is 0 Å². The molecule has 6 heteroatoms. The summed E-state index contributed by atoms with van der Waals surface area (Å²) >= 11 is 0. The largest absolute Gasteiger partial charge is 0.425 e. The Morgan fingerprint density at radius 2 is 1.10 bits per heavy atom. The fourth-order valence-corrected chi connectivity index (χ4v) is 5.21. The van der Waals surface area contributed by atoms with Crippen molar-refractivity contribution in [2.75, 3.05) is 0 Å². The third-order valence-corrected chi connectivity index (χ3v) is 7.46. The highest BCUT2D eigenvalue weighted by Crippen LogP contribution is 2.45. The van der Waals surface area contributed by atoms with Gasteiger partial charge in [-0.3, -0.25) is 19.2 Å². The van der Waals surface area contributed by atoms with Gasteiger partial charge in [-0.2, -0.15) is 0 Å². The van der Waals surface area contributed by atoms with Crippen LogP contribution in [0.3, 0.4) is 0 Å². The summed E-state index contributed by atoms with van der Waals surface area (Å²) in [5.74, 6) is -1.65. The first-order valence-corrected chi connectivity index (χ1v) is 14.6. The van der Waals surface area contributed by atoms with Gasteiger partial charge < -0.3 is 9.47 Å². The van der Waals surface area contributed by atoms with Crippen molar-refractivity contribution in [3.63, 3.8) is 0 Å². The van der Waals surface area contributed by atoms with Crippen LogP contribution in [-0.2, 0) is 25.5 Å². The van der Waals surface area contributed by atoms with E-state index >= 15 is 0 Å². The molecule has 210 valence electrons. The molecule has 2 aromatic rings. The molecule has 0 aliphatic heterocycles. The van der Waals surface area contributed by atoms with Crippen molar-refractivity contribution in [1.82, 2.24) is 0 Å². The van der Waals surface area contributed by atoms with Crippen LogP contribution in [-0.4, -0.2) is 23.5 Å². The molecular weight excluding hydrogens is 504 g/mol. The Balaban J connectivity index is 1.85. The first-order valence-electron chi connectivity index (χ1n) is 14.6. The van der Waals surface area contributed by atoms with E-state index in [1.54, 1.807) is 30.3 Å². The number of benzene rings is 2. The number of allylic oxidation sites excluding steroid dienone is 2. The summed E-state index contributed by atoms with van der Waals surface area (Å²) in [6.07, 6.45) is 8.41. The molecule has 40 heavy (non-hydrogen) atoms. The number of fused-ring (bicyclic) bond motifs is 3. The third-order valence-electron chi connectivity index (χ3n) is 7.46. The van der Waals surface area contributed by atoms with E-state index in [-0.39, 0.29) is 35.5 Å². The average Bonchev–Trinajstić information content (AvgIpc) is 2.97. The molecule has 0 N–H and O–H groups in total. The molecule has 0 atom stereocenters. The second kappa shape index (κ2) is 13.5. The Kier molecular flexibility index (Phi) is 9.86. The van der Waals surface area contributed by atoms with Gasteiger partial charge in [-0.15, -0.1) is 0 Å². The maximum absolute atomic E-state index is 14.0. The molecule has 2 aliphatic rings. The summed E-state index contributed by atoms with van der Waals surface area (Å²) in [6.45, 7) is 6.19. The number of carbonyl (C=O) groups excluding carboxylic acids is 4. The van der Waals surface area contributed by atoms with E-state index in [4.69, 9.17) is 9.47 Å². The zero-order valence-electron chi connectivity index (χ0n) is 23.8. The normalized spacial score (nSPS) is 14.1. The number of ether oxygens (including phenoxy) is 2. The Morgan fingerprint density at radius 3 is 1.62 bits per heavy atom. The molecule has 0 saturated heterocycles. The van der Waals surface area contributed by atoms with Gasteiger partial charge in [0.2, 0.25) is 0 Å². The van der Waals surface area contributed by atoms with Gasteiger partial charge in [0, 0.05) is 35.1 Å². The van der Waals surface area contributed by atoms with Crippen molar-refractivity contribution in [1.29, 1.82) is 0 Å². The van der Waals surface area contributed by atoms with Crippen LogP contribution in [0.15, 0.2) is 53.6 Å². The molecule has 0 saturated carbocycles. The van der Waals surface area contributed by atoms with Crippen molar-refractivity contribution in [2.45, 2.75) is 91.4 Å². The van der Waals surface area contributed by atoms with E-state index in [1.165, 1.54) is 0 Å². The van der Waals surface area contributed by atoms with Crippen LogP contribution < -0.4 is 0 Å². The smallest absolute Gasteiger partial charge is 0.311 e. The minimum absolute atomic E-state index is 0.0138. The highest BCUT2D eigenvalue weighted by Gasteiger charge is 2.43. The summed E-state index contributed by atoms with van der Waals surface area (Å²) in [5, 5.41) is 0. The first-order chi connectivity index (χ1) is 19.4. The van der Waals surface area contributed by atoms with Crippen molar-refractivity contribution in [2.24, 2.45) is 0 Å². The second-order valence-corrected chi connectivity index (χ2v) is 10.4. The van der Waals surface area contributed by atoms with Crippen LogP contribution in [0.1, 0.15) is 122 Å². The van der Waals surface area contributed by atoms with E-state index < -0.39 is 23.5 Å². The molecule has 2 aromatic carbocycles. The summed E-state index contributed by atoms with van der Waals surface area (Å²) in [4.78, 5) is 53.9. The lowest BCUT2D eigenvalue weighted by molar-refractivity contribution is -0.137. The lowest BCUT2D eigenvalue weighted by Gasteiger charge is -2.29. The SMILES string of the molecule is CCCCCCC(=O)OC1=C2C(=O)c3ccc(CC)cc3C(OC(=O)CCCCCC)=C2C(=O)c2ccccc21. The number of Topliss-reactive ketones (excluding diaryl/α,β-unsaturated/α-hetero) is 2. The number of aryl methyl sites for hydroxylation is 1. The van der Waals surface area contributed by atoms with Crippen LogP contribution in [0.4, 0.5) is 0 Å². The van der Waals surface area contributed by atoms with E-state index in [1.807, 2.05) is 19.1 Å². The topological polar surface area (TPSA) is 86.7 Å². The Labute approximate surface area is 236 Å². The van der Waals surface area contributed by atoms with Crippen molar-refractivity contribution >= 4 is 35.0 Å². The third kappa shape index (κ3) is 6.16. The molecule has 0 spiro atoms. The maximum atomic E-state index is 14.0. The average molecular weight is 543 g/mol. The summed E-state index contributed by atoms with van der Waals surface area (Å²) in [7, 11) is 0. The zero-order chi connectivity index (χ0) is 28.6. The summed E-state index contributed by atoms with van der Waals surface area (Å²) in [5.41, 5.74) is 2.33.